The predicted molar refractivity (Wildman–Crippen MR) is 144 cm³/mol. The molecule has 2 heterocycles. The van der Waals surface area contributed by atoms with Gasteiger partial charge in [-0.1, -0.05) is 61.5 Å². The highest BCUT2D eigenvalue weighted by Crippen LogP contribution is 2.50. The van der Waals surface area contributed by atoms with Crippen molar-refractivity contribution in [1.29, 1.82) is 0 Å². The molecule has 2 amide bonds. The number of hydrogen-bond acceptors (Lipinski definition) is 7. The number of nitrogens with one attached hydrogen (secondary N) is 1. The standard InChI is InChI=1S/C30H29N3O7/c1-2-16-40-23-14-10-21(11-15-23)26-24-25(28(35)32(27(24)34)18-20-6-4-3-5-7-20)30(31-26,29(36)37)17-19-8-12-22(13-9-19)33(38)39/h3-15,24-26,31H,2,16-18H2,1H3,(H,36,37). The quantitative estimate of drug-likeness (QED) is 0.223. The number of nitrogens with zero attached hydrogens (tertiary/aromatic N) is 2. The van der Waals surface area contributed by atoms with Crippen LogP contribution >= 0.6 is 0 Å². The minimum atomic E-state index is -1.82. The van der Waals surface area contributed by atoms with Crippen molar-refractivity contribution in [3.8, 4) is 5.75 Å². The second kappa shape index (κ2) is 10.9. The number of likely N-dealkylation sites (tertiary alicyclic amines) is 1. The average molecular weight is 544 g/mol. The summed E-state index contributed by atoms with van der Waals surface area (Å²) in [4.78, 5) is 52.5. The number of benzene rings is 3. The summed E-state index contributed by atoms with van der Waals surface area (Å²) in [6.07, 6.45) is 0.696. The van der Waals surface area contributed by atoms with Gasteiger partial charge in [0, 0.05) is 24.6 Å². The molecule has 5 rings (SSSR count). The number of imide groups is 1. The molecule has 10 heteroatoms. The molecular weight excluding hydrogens is 514 g/mol. The Morgan fingerprint density at radius 2 is 1.68 bits per heavy atom. The van der Waals surface area contributed by atoms with Crippen molar-refractivity contribution in [2.24, 2.45) is 11.8 Å². The number of fused-ring (bicyclic) bond motifs is 1. The Bertz CT molecular complexity index is 1430. The summed E-state index contributed by atoms with van der Waals surface area (Å²) in [5, 5.41) is 24.9. The van der Waals surface area contributed by atoms with Gasteiger partial charge < -0.3 is 9.84 Å². The summed E-state index contributed by atoms with van der Waals surface area (Å²) in [5.41, 5.74) is -0.0448. The first-order chi connectivity index (χ1) is 19.2. The molecule has 2 fully saturated rings. The Morgan fingerprint density at radius 3 is 2.27 bits per heavy atom. The van der Waals surface area contributed by atoms with E-state index in [1.165, 1.54) is 24.3 Å². The minimum absolute atomic E-state index is 0.0370. The zero-order chi connectivity index (χ0) is 28.4. The third-order valence-corrected chi connectivity index (χ3v) is 7.65. The molecule has 2 aliphatic heterocycles. The highest BCUT2D eigenvalue weighted by atomic mass is 16.6. The maximum atomic E-state index is 13.9. The van der Waals surface area contributed by atoms with E-state index in [0.717, 1.165) is 16.9 Å². The summed E-state index contributed by atoms with van der Waals surface area (Å²) < 4.78 is 5.67. The second-order valence-electron chi connectivity index (χ2n) is 10.2. The van der Waals surface area contributed by atoms with Gasteiger partial charge in [0.05, 0.1) is 29.9 Å². The summed E-state index contributed by atoms with van der Waals surface area (Å²) in [6, 6.07) is 21.0. The van der Waals surface area contributed by atoms with E-state index in [-0.39, 0.29) is 18.7 Å². The molecular formula is C30H29N3O7. The summed E-state index contributed by atoms with van der Waals surface area (Å²) in [5.74, 6) is -3.75. The molecule has 4 atom stereocenters. The van der Waals surface area contributed by atoms with Crippen LogP contribution in [0.25, 0.3) is 0 Å². The lowest BCUT2D eigenvalue weighted by Crippen LogP contribution is -2.57. The molecule has 0 saturated carbocycles. The number of carbonyl (C=O) groups is 3. The molecule has 0 aromatic heterocycles. The van der Waals surface area contributed by atoms with Gasteiger partial charge in [0.2, 0.25) is 11.8 Å². The van der Waals surface area contributed by atoms with Crippen LogP contribution in [0.15, 0.2) is 78.9 Å². The molecule has 3 aromatic rings. The normalized spacial score (nSPS) is 23.7. The van der Waals surface area contributed by atoms with Gasteiger partial charge in [-0.05, 0) is 35.2 Å². The summed E-state index contributed by atoms with van der Waals surface area (Å²) in [6.45, 7) is 2.58. The number of carboxylic acids is 1. The van der Waals surface area contributed by atoms with Crippen LogP contribution in [0.3, 0.4) is 0 Å². The van der Waals surface area contributed by atoms with Crippen molar-refractivity contribution < 1.29 is 29.2 Å². The highest BCUT2D eigenvalue weighted by molar-refractivity contribution is 6.09. The van der Waals surface area contributed by atoms with Crippen molar-refractivity contribution >= 4 is 23.5 Å². The van der Waals surface area contributed by atoms with E-state index in [2.05, 4.69) is 5.32 Å². The first-order valence-corrected chi connectivity index (χ1v) is 13.1. The maximum absolute atomic E-state index is 13.9. The molecule has 2 aliphatic rings. The van der Waals surface area contributed by atoms with Crippen LogP contribution in [0.2, 0.25) is 0 Å². The van der Waals surface area contributed by atoms with Gasteiger partial charge >= 0.3 is 5.97 Å². The number of nitro benzene ring substituents is 1. The van der Waals surface area contributed by atoms with Gasteiger partial charge in [-0.2, -0.15) is 0 Å². The van der Waals surface area contributed by atoms with Crippen molar-refractivity contribution in [1.82, 2.24) is 10.2 Å². The molecule has 0 radical (unpaired) electrons. The van der Waals surface area contributed by atoms with E-state index in [0.29, 0.717) is 23.5 Å². The zero-order valence-electron chi connectivity index (χ0n) is 21.9. The first-order valence-electron chi connectivity index (χ1n) is 13.1. The van der Waals surface area contributed by atoms with Crippen LogP contribution in [0, 0.1) is 22.0 Å². The first kappa shape index (κ1) is 27.0. The number of hydrogen-bond donors (Lipinski definition) is 2. The SMILES string of the molecule is CCCOc1ccc(C2NC(Cc3ccc([N+](=O)[O-])cc3)(C(=O)O)C3C(=O)N(Cc4ccccc4)C(=O)C23)cc1. The monoisotopic (exact) mass is 543 g/mol. The van der Waals surface area contributed by atoms with Crippen molar-refractivity contribution in [3.63, 3.8) is 0 Å². The molecule has 2 saturated heterocycles. The highest BCUT2D eigenvalue weighted by Gasteiger charge is 2.68. The van der Waals surface area contributed by atoms with Gasteiger partial charge in [-0.3, -0.25) is 34.7 Å². The number of carboxylic acid groups (broad SMARTS) is 1. The van der Waals surface area contributed by atoms with Gasteiger partial charge in [0.15, 0.2) is 0 Å². The lowest BCUT2D eigenvalue weighted by atomic mass is 9.76. The molecule has 3 aromatic carbocycles. The van der Waals surface area contributed by atoms with Crippen LogP contribution < -0.4 is 10.1 Å². The van der Waals surface area contributed by atoms with Crippen molar-refractivity contribution in [2.75, 3.05) is 6.61 Å². The van der Waals surface area contributed by atoms with Crippen molar-refractivity contribution in [3.05, 3.63) is 106 Å². The number of nitro groups is 1. The number of non-ortho nitro benzene ring substituents is 1. The topological polar surface area (TPSA) is 139 Å². The molecule has 4 unspecified atom stereocenters. The third kappa shape index (κ3) is 4.82. The van der Waals surface area contributed by atoms with Crippen LogP contribution in [-0.4, -0.2) is 44.9 Å². The van der Waals surface area contributed by atoms with E-state index in [1.54, 1.807) is 36.4 Å². The lowest BCUT2D eigenvalue weighted by molar-refractivity contribution is -0.384. The second-order valence-corrected chi connectivity index (χ2v) is 10.2. The van der Waals surface area contributed by atoms with Crippen LogP contribution in [0.4, 0.5) is 5.69 Å². The molecule has 10 nitrogen and oxygen atoms in total. The van der Waals surface area contributed by atoms with Crippen LogP contribution in [-0.2, 0) is 27.3 Å². The molecule has 40 heavy (non-hydrogen) atoms. The van der Waals surface area contributed by atoms with Gasteiger partial charge in [0.25, 0.3) is 5.69 Å². The van der Waals surface area contributed by atoms with Crippen LogP contribution in [0.1, 0.15) is 36.1 Å². The van der Waals surface area contributed by atoms with E-state index >= 15 is 0 Å². The Morgan fingerprint density at radius 1 is 1.00 bits per heavy atom. The van der Waals surface area contributed by atoms with E-state index in [4.69, 9.17) is 4.74 Å². The molecule has 0 bridgehead atoms. The largest absolute Gasteiger partial charge is 0.494 e. The Labute approximate surface area is 230 Å². The van der Waals surface area contributed by atoms with E-state index < -0.39 is 46.1 Å². The third-order valence-electron chi connectivity index (χ3n) is 7.65. The van der Waals surface area contributed by atoms with Crippen molar-refractivity contribution in [2.45, 2.75) is 37.9 Å². The Balaban J connectivity index is 1.55. The smallest absolute Gasteiger partial charge is 0.325 e. The molecule has 206 valence electrons. The summed E-state index contributed by atoms with van der Waals surface area (Å²) in [7, 11) is 0. The fourth-order valence-electron chi connectivity index (χ4n) is 5.75. The Hall–Kier alpha value is -4.57. The molecule has 0 spiro atoms. The number of carbonyl (C=O) groups excluding carboxylic acids is 2. The predicted octanol–water partition coefficient (Wildman–Crippen LogP) is 3.90. The number of amides is 2. The Kier molecular flexibility index (Phi) is 7.36. The molecule has 0 aliphatic carbocycles. The van der Waals surface area contributed by atoms with Gasteiger partial charge in [-0.15, -0.1) is 0 Å². The van der Waals surface area contributed by atoms with Gasteiger partial charge in [-0.25, -0.2) is 0 Å². The van der Waals surface area contributed by atoms with Crippen LogP contribution in [0.5, 0.6) is 5.75 Å². The number of ether oxygens (including phenoxy) is 1. The van der Waals surface area contributed by atoms with E-state index in [1.807, 2.05) is 25.1 Å². The zero-order valence-corrected chi connectivity index (χ0v) is 21.9. The van der Waals surface area contributed by atoms with Gasteiger partial charge in [0.1, 0.15) is 11.3 Å². The fraction of sp³-hybridized carbons (Fsp3) is 0.300. The summed E-state index contributed by atoms with van der Waals surface area (Å²) >= 11 is 0. The maximum Gasteiger partial charge on any atom is 0.325 e. The number of aliphatic carboxylic acids is 1. The number of rotatable bonds is 10. The molecule has 2 N–H and O–H groups in total. The fourth-order valence-corrected chi connectivity index (χ4v) is 5.75. The average Bonchev–Trinajstić information content (AvgIpc) is 3.43. The minimum Gasteiger partial charge on any atom is -0.494 e. The lowest BCUT2D eigenvalue weighted by Gasteiger charge is -2.31. The van der Waals surface area contributed by atoms with E-state index in [9.17, 15) is 29.6 Å².